The summed E-state index contributed by atoms with van der Waals surface area (Å²) in [5, 5.41) is 8.71. The van der Waals surface area contributed by atoms with Gasteiger partial charge in [-0.2, -0.15) is 4.98 Å². The molecule has 1 aliphatic heterocycles. The van der Waals surface area contributed by atoms with E-state index in [-0.39, 0.29) is 6.03 Å². The van der Waals surface area contributed by atoms with Gasteiger partial charge in [0.25, 0.3) is 0 Å². The Morgan fingerprint density at radius 1 is 1.07 bits per heavy atom. The van der Waals surface area contributed by atoms with E-state index in [9.17, 15) is 4.79 Å². The number of aryl methyl sites for hydroxylation is 1. The summed E-state index contributed by atoms with van der Waals surface area (Å²) in [6.07, 6.45) is 0. The number of urea groups is 1. The van der Waals surface area contributed by atoms with Crippen LogP contribution in [0.1, 0.15) is 5.69 Å². The molecule has 2 heterocycles. The minimum Gasteiger partial charge on any atom is -0.497 e. The van der Waals surface area contributed by atoms with Gasteiger partial charge in [-0.15, -0.1) is 0 Å². The third-order valence-corrected chi connectivity index (χ3v) is 4.48. The maximum Gasteiger partial charge on any atom is 0.319 e. The monoisotopic (exact) mass is 416 g/mol. The van der Waals surface area contributed by atoms with Crippen molar-refractivity contribution in [1.82, 2.24) is 15.3 Å². The van der Waals surface area contributed by atoms with Crippen LogP contribution in [-0.4, -0.2) is 69.6 Å². The lowest BCUT2D eigenvalue weighted by atomic mass is 10.3. The molecule has 2 aromatic rings. The van der Waals surface area contributed by atoms with Crippen molar-refractivity contribution in [1.29, 1.82) is 0 Å². The fourth-order valence-electron chi connectivity index (χ4n) is 2.99. The molecule has 10 nitrogen and oxygen atoms in total. The Kier molecular flexibility index (Phi) is 7.50. The number of hydrogen-bond acceptors (Lipinski definition) is 8. The third-order valence-electron chi connectivity index (χ3n) is 4.48. The Hall–Kier alpha value is -3.27. The molecule has 0 unspecified atom stereocenters. The standard InChI is InChI=1S/C20H28N6O4/c1-14-10-18(26-6-8-30-9-7-26)25-19(23-14)21-4-5-22-20(27)24-15-11-16(28-2)13-17(12-15)29-3/h10-13H,4-9H2,1-3H3,(H,21,23,25)(H2,22,24,27). The first kappa shape index (κ1) is 21.4. The van der Waals surface area contributed by atoms with Gasteiger partial charge in [-0.05, 0) is 6.92 Å². The zero-order valence-electron chi connectivity index (χ0n) is 17.5. The molecular weight excluding hydrogens is 388 g/mol. The topological polar surface area (TPSA) is 110 Å². The molecule has 0 atom stereocenters. The summed E-state index contributed by atoms with van der Waals surface area (Å²) in [5.74, 6) is 2.61. The van der Waals surface area contributed by atoms with Crippen LogP contribution in [0.5, 0.6) is 11.5 Å². The van der Waals surface area contributed by atoms with Crippen LogP contribution in [0.4, 0.5) is 22.2 Å². The number of anilines is 3. The van der Waals surface area contributed by atoms with Gasteiger partial charge in [-0.25, -0.2) is 9.78 Å². The zero-order valence-corrected chi connectivity index (χ0v) is 17.5. The molecule has 162 valence electrons. The van der Waals surface area contributed by atoms with Crippen LogP contribution >= 0.6 is 0 Å². The van der Waals surface area contributed by atoms with E-state index >= 15 is 0 Å². The van der Waals surface area contributed by atoms with Gasteiger partial charge in [0.05, 0.1) is 27.4 Å². The van der Waals surface area contributed by atoms with Crippen molar-refractivity contribution in [2.24, 2.45) is 0 Å². The first-order valence-electron chi connectivity index (χ1n) is 9.77. The predicted molar refractivity (Wildman–Crippen MR) is 115 cm³/mol. The fraction of sp³-hybridized carbons (Fsp3) is 0.450. The minimum absolute atomic E-state index is 0.328. The Bertz CT molecular complexity index is 835. The second-order valence-electron chi connectivity index (χ2n) is 6.70. The number of rotatable bonds is 8. The van der Waals surface area contributed by atoms with E-state index in [0.29, 0.717) is 49.4 Å². The largest absolute Gasteiger partial charge is 0.497 e. The molecule has 30 heavy (non-hydrogen) atoms. The summed E-state index contributed by atoms with van der Waals surface area (Å²) in [4.78, 5) is 23.3. The van der Waals surface area contributed by atoms with Crippen molar-refractivity contribution in [2.75, 3.05) is 69.1 Å². The van der Waals surface area contributed by atoms with E-state index in [1.54, 1.807) is 32.4 Å². The summed E-state index contributed by atoms with van der Waals surface area (Å²) >= 11 is 0. The zero-order chi connectivity index (χ0) is 21.3. The maximum atomic E-state index is 12.2. The number of ether oxygens (including phenoxy) is 3. The number of nitrogens with one attached hydrogen (secondary N) is 3. The number of aromatic nitrogens is 2. The van der Waals surface area contributed by atoms with Crippen molar-refractivity contribution < 1.29 is 19.0 Å². The molecule has 1 aromatic heterocycles. The molecule has 0 saturated carbocycles. The molecule has 1 aromatic carbocycles. The highest BCUT2D eigenvalue weighted by atomic mass is 16.5. The van der Waals surface area contributed by atoms with Gasteiger partial charge in [0.1, 0.15) is 17.3 Å². The molecule has 0 spiro atoms. The molecule has 3 rings (SSSR count). The molecule has 1 aliphatic rings. The fourth-order valence-corrected chi connectivity index (χ4v) is 2.99. The Labute approximate surface area is 175 Å². The molecule has 2 amide bonds. The van der Waals surface area contributed by atoms with Gasteiger partial charge >= 0.3 is 6.03 Å². The first-order chi connectivity index (χ1) is 14.6. The number of hydrogen-bond donors (Lipinski definition) is 3. The summed E-state index contributed by atoms with van der Waals surface area (Å²) in [7, 11) is 3.12. The van der Waals surface area contributed by atoms with Crippen LogP contribution < -0.4 is 30.3 Å². The Morgan fingerprint density at radius 2 is 1.77 bits per heavy atom. The number of carbonyl (C=O) groups excluding carboxylic acids is 1. The molecule has 0 aliphatic carbocycles. The molecule has 1 fully saturated rings. The summed E-state index contributed by atoms with van der Waals surface area (Å²) in [5.41, 5.74) is 1.46. The van der Waals surface area contributed by atoms with E-state index in [2.05, 4.69) is 30.8 Å². The highest BCUT2D eigenvalue weighted by Crippen LogP contribution is 2.25. The molecule has 3 N–H and O–H groups in total. The summed E-state index contributed by atoms with van der Waals surface area (Å²) in [6.45, 7) is 5.84. The van der Waals surface area contributed by atoms with Gasteiger partial charge in [-0.3, -0.25) is 0 Å². The Balaban J connectivity index is 1.48. The quantitative estimate of drug-likeness (QED) is 0.560. The van der Waals surface area contributed by atoms with E-state index < -0.39 is 0 Å². The number of amides is 2. The number of benzene rings is 1. The van der Waals surface area contributed by atoms with E-state index in [1.165, 1.54) is 0 Å². The summed E-state index contributed by atoms with van der Waals surface area (Å²) < 4.78 is 15.8. The van der Waals surface area contributed by atoms with Gasteiger partial charge in [-0.1, -0.05) is 0 Å². The second-order valence-corrected chi connectivity index (χ2v) is 6.70. The van der Waals surface area contributed by atoms with Gasteiger partial charge in [0.15, 0.2) is 0 Å². The lowest BCUT2D eigenvalue weighted by molar-refractivity contribution is 0.122. The van der Waals surface area contributed by atoms with Crippen LogP contribution in [-0.2, 0) is 4.74 Å². The predicted octanol–water partition coefficient (Wildman–Crippen LogP) is 1.87. The molecule has 0 bridgehead atoms. The number of methoxy groups -OCH3 is 2. The number of nitrogens with zero attached hydrogens (tertiary/aromatic N) is 3. The number of carbonyl (C=O) groups is 1. The van der Waals surface area contributed by atoms with Gasteiger partial charge in [0, 0.05) is 61.8 Å². The smallest absolute Gasteiger partial charge is 0.319 e. The third kappa shape index (κ3) is 6.11. The average Bonchev–Trinajstić information content (AvgIpc) is 2.76. The lowest BCUT2D eigenvalue weighted by Gasteiger charge is -2.28. The minimum atomic E-state index is -0.328. The Morgan fingerprint density at radius 3 is 2.43 bits per heavy atom. The van der Waals surface area contributed by atoms with Crippen molar-refractivity contribution in [2.45, 2.75) is 6.92 Å². The lowest BCUT2D eigenvalue weighted by Crippen LogP contribution is -2.37. The van der Waals surface area contributed by atoms with Crippen LogP contribution in [0.15, 0.2) is 24.3 Å². The van der Waals surface area contributed by atoms with Crippen LogP contribution in [0.25, 0.3) is 0 Å². The van der Waals surface area contributed by atoms with Gasteiger partial charge in [0.2, 0.25) is 5.95 Å². The highest BCUT2D eigenvalue weighted by Gasteiger charge is 2.14. The molecule has 0 radical (unpaired) electrons. The molecule has 10 heteroatoms. The second kappa shape index (κ2) is 10.5. The van der Waals surface area contributed by atoms with E-state index in [4.69, 9.17) is 14.2 Å². The molecular formula is C20H28N6O4. The normalized spacial score (nSPS) is 13.5. The van der Waals surface area contributed by atoms with Crippen LogP contribution in [0, 0.1) is 6.92 Å². The van der Waals surface area contributed by atoms with Crippen LogP contribution in [0.2, 0.25) is 0 Å². The van der Waals surface area contributed by atoms with Gasteiger partial charge < -0.3 is 35.1 Å². The number of morpholine rings is 1. The first-order valence-corrected chi connectivity index (χ1v) is 9.77. The van der Waals surface area contributed by atoms with Crippen molar-refractivity contribution >= 4 is 23.5 Å². The van der Waals surface area contributed by atoms with E-state index in [0.717, 1.165) is 24.6 Å². The van der Waals surface area contributed by atoms with Crippen molar-refractivity contribution in [3.8, 4) is 11.5 Å². The van der Waals surface area contributed by atoms with E-state index in [1.807, 2.05) is 13.0 Å². The average molecular weight is 416 g/mol. The maximum absolute atomic E-state index is 12.2. The van der Waals surface area contributed by atoms with Crippen molar-refractivity contribution in [3.05, 3.63) is 30.0 Å². The van der Waals surface area contributed by atoms with Crippen LogP contribution in [0.3, 0.4) is 0 Å². The molecule has 1 saturated heterocycles. The highest BCUT2D eigenvalue weighted by molar-refractivity contribution is 5.89. The van der Waals surface area contributed by atoms with Crippen molar-refractivity contribution in [3.63, 3.8) is 0 Å². The summed E-state index contributed by atoms with van der Waals surface area (Å²) in [6, 6.07) is 6.80. The SMILES string of the molecule is COc1cc(NC(=O)NCCNc2nc(C)cc(N3CCOCC3)n2)cc(OC)c1.